The quantitative estimate of drug-likeness (QED) is 0.837. The van der Waals surface area contributed by atoms with Crippen LogP contribution in [0.1, 0.15) is 10.4 Å². The number of thioether (sulfide) groups is 1. The molecule has 0 spiro atoms. The van der Waals surface area contributed by atoms with Gasteiger partial charge in [-0.25, -0.2) is 9.78 Å². The van der Waals surface area contributed by atoms with Gasteiger partial charge in [0.2, 0.25) is 0 Å². The molecule has 6 heteroatoms. The maximum Gasteiger partial charge on any atom is 0.339 e. The number of aromatic nitrogens is 1. The number of aromatic carboxylic acids is 1. The maximum absolute atomic E-state index is 11.0. The normalized spacial score (nSPS) is 16.4. The van der Waals surface area contributed by atoms with Crippen LogP contribution in [0.4, 0.5) is 5.82 Å². The SMILES string of the molecule is O=C(O)c1cccnc1NCCN1CCSCC1. The van der Waals surface area contributed by atoms with Gasteiger partial charge in [0.1, 0.15) is 11.4 Å². The minimum atomic E-state index is -0.944. The van der Waals surface area contributed by atoms with Crippen LogP contribution in [0.15, 0.2) is 18.3 Å². The summed E-state index contributed by atoms with van der Waals surface area (Å²) in [5.74, 6) is 1.88. The minimum Gasteiger partial charge on any atom is -0.478 e. The van der Waals surface area contributed by atoms with Crippen molar-refractivity contribution in [2.45, 2.75) is 0 Å². The Kier molecular flexibility index (Phi) is 4.83. The highest BCUT2D eigenvalue weighted by Crippen LogP contribution is 2.11. The Morgan fingerprint density at radius 1 is 1.50 bits per heavy atom. The summed E-state index contributed by atoms with van der Waals surface area (Å²) in [5.41, 5.74) is 0.228. The smallest absolute Gasteiger partial charge is 0.339 e. The van der Waals surface area contributed by atoms with E-state index in [2.05, 4.69) is 15.2 Å². The van der Waals surface area contributed by atoms with Crippen molar-refractivity contribution in [1.29, 1.82) is 0 Å². The van der Waals surface area contributed by atoms with Gasteiger partial charge in [-0.15, -0.1) is 0 Å². The molecule has 0 aromatic carbocycles. The van der Waals surface area contributed by atoms with Crippen molar-refractivity contribution in [2.24, 2.45) is 0 Å². The molecule has 1 fully saturated rings. The van der Waals surface area contributed by atoms with Gasteiger partial charge in [0.25, 0.3) is 0 Å². The van der Waals surface area contributed by atoms with Gasteiger partial charge in [-0.3, -0.25) is 4.90 Å². The minimum absolute atomic E-state index is 0.228. The van der Waals surface area contributed by atoms with Crippen LogP contribution < -0.4 is 5.32 Å². The Morgan fingerprint density at radius 3 is 3.00 bits per heavy atom. The van der Waals surface area contributed by atoms with E-state index in [1.807, 2.05) is 11.8 Å². The number of nitrogens with zero attached hydrogens (tertiary/aromatic N) is 2. The number of carbonyl (C=O) groups is 1. The molecule has 0 saturated carbocycles. The molecule has 1 aromatic rings. The van der Waals surface area contributed by atoms with E-state index in [4.69, 9.17) is 5.11 Å². The number of rotatable bonds is 5. The summed E-state index contributed by atoms with van der Waals surface area (Å²) in [6.45, 7) is 3.87. The van der Waals surface area contributed by atoms with Crippen molar-refractivity contribution in [3.8, 4) is 0 Å². The molecule has 2 rings (SSSR count). The molecule has 2 N–H and O–H groups in total. The molecule has 0 bridgehead atoms. The summed E-state index contributed by atoms with van der Waals surface area (Å²) in [6, 6.07) is 3.20. The van der Waals surface area contributed by atoms with Gasteiger partial charge in [-0.05, 0) is 12.1 Å². The number of carboxylic acid groups (broad SMARTS) is 1. The molecule has 0 aliphatic carbocycles. The van der Waals surface area contributed by atoms with Crippen LogP contribution in [0.2, 0.25) is 0 Å². The van der Waals surface area contributed by atoms with Gasteiger partial charge >= 0.3 is 5.97 Å². The number of hydrogen-bond donors (Lipinski definition) is 2. The van der Waals surface area contributed by atoms with Gasteiger partial charge in [-0.1, -0.05) is 0 Å². The first-order chi connectivity index (χ1) is 8.77. The van der Waals surface area contributed by atoms with Gasteiger partial charge in [-0.2, -0.15) is 11.8 Å². The van der Waals surface area contributed by atoms with E-state index in [0.717, 1.165) is 26.2 Å². The van der Waals surface area contributed by atoms with E-state index in [9.17, 15) is 4.79 Å². The Hall–Kier alpha value is -1.27. The monoisotopic (exact) mass is 267 g/mol. The zero-order valence-corrected chi connectivity index (χ0v) is 10.9. The Labute approximate surface area is 111 Å². The lowest BCUT2D eigenvalue weighted by Gasteiger charge is -2.26. The molecule has 1 saturated heterocycles. The van der Waals surface area contributed by atoms with Crippen LogP contribution in [-0.4, -0.2) is 58.6 Å². The van der Waals surface area contributed by atoms with Crippen molar-refractivity contribution in [2.75, 3.05) is 43.0 Å². The van der Waals surface area contributed by atoms with Crippen LogP contribution >= 0.6 is 11.8 Å². The zero-order valence-electron chi connectivity index (χ0n) is 10.1. The lowest BCUT2D eigenvalue weighted by atomic mass is 10.2. The van der Waals surface area contributed by atoms with Crippen LogP contribution in [-0.2, 0) is 0 Å². The highest BCUT2D eigenvalue weighted by atomic mass is 32.2. The molecular weight excluding hydrogens is 250 g/mol. The largest absolute Gasteiger partial charge is 0.478 e. The van der Waals surface area contributed by atoms with Gasteiger partial charge in [0.05, 0.1) is 0 Å². The molecule has 18 heavy (non-hydrogen) atoms. The van der Waals surface area contributed by atoms with E-state index in [1.165, 1.54) is 11.5 Å². The van der Waals surface area contributed by atoms with Crippen molar-refractivity contribution in [3.63, 3.8) is 0 Å². The lowest BCUT2D eigenvalue weighted by molar-refractivity contribution is 0.0697. The molecule has 0 unspecified atom stereocenters. The number of carboxylic acids is 1. The fourth-order valence-corrected chi connectivity index (χ4v) is 2.85. The predicted molar refractivity (Wildman–Crippen MR) is 73.5 cm³/mol. The van der Waals surface area contributed by atoms with Crippen molar-refractivity contribution < 1.29 is 9.90 Å². The van der Waals surface area contributed by atoms with Crippen LogP contribution in [0.3, 0.4) is 0 Å². The van der Waals surface area contributed by atoms with Crippen molar-refractivity contribution in [1.82, 2.24) is 9.88 Å². The fraction of sp³-hybridized carbons (Fsp3) is 0.500. The van der Waals surface area contributed by atoms with Crippen LogP contribution in [0.25, 0.3) is 0 Å². The van der Waals surface area contributed by atoms with Crippen LogP contribution in [0, 0.1) is 0 Å². The number of pyridine rings is 1. The third kappa shape index (κ3) is 3.61. The third-order valence-electron chi connectivity index (χ3n) is 2.86. The highest BCUT2D eigenvalue weighted by Gasteiger charge is 2.12. The summed E-state index contributed by atoms with van der Waals surface area (Å²) in [7, 11) is 0. The Bertz CT molecular complexity index is 408. The second kappa shape index (κ2) is 6.61. The van der Waals surface area contributed by atoms with Crippen molar-refractivity contribution in [3.05, 3.63) is 23.9 Å². The fourth-order valence-electron chi connectivity index (χ4n) is 1.88. The molecule has 1 aromatic heterocycles. The third-order valence-corrected chi connectivity index (χ3v) is 3.80. The first-order valence-corrected chi connectivity index (χ1v) is 7.15. The van der Waals surface area contributed by atoms with E-state index in [0.29, 0.717) is 5.82 Å². The first-order valence-electron chi connectivity index (χ1n) is 5.99. The molecule has 5 nitrogen and oxygen atoms in total. The number of nitrogens with one attached hydrogen (secondary N) is 1. The second-order valence-electron chi connectivity index (χ2n) is 4.09. The summed E-state index contributed by atoms with van der Waals surface area (Å²) >= 11 is 1.98. The summed E-state index contributed by atoms with van der Waals surface area (Å²) in [6.07, 6.45) is 1.60. The summed E-state index contributed by atoms with van der Waals surface area (Å²) in [5, 5.41) is 12.1. The zero-order chi connectivity index (χ0) is 12.8. The summed E-state index contributed by atoms with van der Waals surface area (Å²) in [4.78, 5) is 17.4. The molecule has 0 amide bonds. The van der Waals surface area contributed by atoms with E-state index < -0.39 is 5.97 Å². The van der Waals surface area contributed by atoms with Gasteiger partial charge in [0, 0.05) is 43.9 Å². The van der Waals surface area contributed by atoms with Crippen LogP contribution in [0.5, 0.6) is 0 Å². The van der Waals surface area contributed by atoms with Crippen molar-refractivity contribution >= 4 is 23.5 Å². The molecule has 1 aliphatic heterocycles. The number of hydrogen-bond acceptors (Lipinski definition) is 5. The number of anilines is 1. The lowest BCUT2D eigenvalue weighted by Crippen LogP contribution is -2.36. The average molecular weight is 267 g/mol. The van der Waals surface area contributed by atoms with Gasteiger partial charge in [0.15, 0.2) is 0 Å². The maximum atomic E-state index is 11.0. The highest BCUT2D eigenvalue weighted by molar-refractivity contribution is 7.99. The van der Waals surface area contributed by atoms with E-state index >= 15 is 0 Å². The predicted octanol–water partition coefficient (Wildman–Crippen LogP) is 1.24. The molecule has 98 valence electrons. The topological polar surface area (TPSA) is 65.5 Å². The molecule has 0 atom stereocenters. The Morgan fingerprint density at radius 2 is 2.28 bits per heavy atom. The standard InChI is InChI=1S/C12H17N3O2S/c16-12(17)10-2-1-3-13-11(10)14-4-5-15-6-8-18-9-7-15/h1-3H,4-9H2,(H,13,14)(H,16,17). The first kappa shape index (κ1) is 13.2. The molecule has 0 radical (unpaired) electrons. The average Bonchev–Trinajstić information content (AvgIpc) is 2.40. The second-order valence-corrected chi connectivity index (χ2v) is 5.31. The van der Waals surface area contributed by atoms with E-state index in [1.54, 1.807) is 18.3 Å². The molecule has 1 aliphatic rings. The molecular formula is C12H17N3O2S. The summed E-state index contributed by atoms with van der Waals surface area (Å²) < 4.78 is 0. The van der Waals surface area contributed by atoms with Gasteiger partial charge < -0.3 is 10.4 Å². The molecule has 2 heterocycles. The Balaban J connectivity index is 1.84. The van der Waals surface area contributed by atoms with E-state index in [-0.39, 0.29) is 5.56 Å².